The standard InChI is InChI=1S/C19H31NO4S2/c1-3-5-7-9-13-20(14-10-8-6-4-2)26(23,24)16-11-12-18(25)17(15-16)19(21)22/h11-12,15,25H,3-10,13-14H2,1-2H3,(H,21,22). The van der Waals surface area contributed by atoms with E-state index in [1.165, 1.54) is 22.5 Å². The van der Waals surface area contributed by atoms with Gasteiger partial charge in [-0.15, -0.1) is 12.6 Å². The fraction of sp³-hybridized carbons (Fsp3) is 0.632. The zero-order valence-electron chi connectivity index (χ0n) is 15.8. The Labute approximate surface area is 163 Å². The zero-order chi connectivity index (χ0) is 19.6. The first-order valence-corrected chi connectivity index (χ1v) is 11.3. The minimum absolute atomic E-state index is 0.0266. The summed E-state index contributed by atoms with van der Waals surface area (Å²) in [6.07, 6.45) is 7.97. The fourth-order valence-electron chi connectivity index (χ4n) is 2.78. The van der Waals surface area contributed by atoms with E-state index in [0.717, 1.165) is 51.4 Å². The molecule has 1 N–H and O–H groups in total. The molecule has 0 heterocycles. The van der Waals surface area contributed by atoms with Gasteiger partial charge in [0.05, 0.1) is 10.5 Å². The van der Waals surface area contributed by atoms with Crippen molar-refractivity contribution in [3.8, 4) is 0 Å². The van der Waals surface area contributed by atoms with Crippen LogP contribution in [0.15, 0.2) is 28.0 Å². The molecule has 0 aliphatic heterocycles. The van der Waals surface area contributed by atoms with E-state index in [2.05, 4.69) is 26.5 Å². The van der Waals surface area contributed by atoms with Crippen LogP contribution in [-0.4, -0.2) is 36.9 Å². The molecule has 1 aromatic rings. The fourth-order valence-corrected chi connectivity index (χ4v) is 4.56. The first-order chi connectivity index (χ1) is 12.3. The van der Waals surface area contributed by atoms with Crippen LogP contribution in [0.2, 0.25) is 0 Å². The first kappa shape index (κ1) is 23.0. The molecule has 0 aliphatic rings. The molecular formula is C19H31NO4S2. The largest absolute Gasteiger partial charge is 0.478 e. The van der Waals surface area contributed by atoms with Crippen LogP contribution in [-0.2, 0) is 10.0 Å². The van der Waals surface area contributed by atoms with Gasteiger partial charge in [0.25, 0.3) is 0 Å². The van der Waals surface area contributed by atoms with Gasteiger partial charge in [-0.1, -0.05) is 52.4 Å². The molecule has 1 aromatic carbocycles. The van der Waals surface area contributed by atoms with Crippen molar-refractivity contribution >= 4 is 28.6 Å². The van der Waals surface area contributed by atoms with Crippen molar-refractivity contribution < 1.29 is 18.3 Å². The molecule has 0 saturated carbocycles. The first-order valence-electron chi connectivity index (χ1n) is 9.41. The maximum absolute atomic E-state index is 13.1. The second kappa shape index (κ2) is 11.6. The number of nitrogens with zero attached hydrogens (tertiary/aromatic N) is 1. The van der Waals surface area contributed by atoms with Crippen LogP contribution in [0.1, 0.15) is 75.6 Å². The number of hydrogen-bond donors (Lipinski definition) is 2. The summed E-state index contributed by atoms with van der Waals surface area (Å²) in [5, 5.41) is 9.24. The Bertz CT molecular complexity index is 662. The molecule has 0 spiro atoms. The number of thiol groups is 1. The van der Waals surface area contributed by atoms with Crippen molar-refractivity contribution in [2.24, 2.45) is 0 Å². The summed E-state index contributed by atoms with van der Waals surface area (Å²) >= 11 is 4.10. The minimum Gasteiger partial charge on any atom is -0.478 e. The molecule has 0 amide bonds. The number of aromatic carboxylic acids is 1. The van der Waals surface area contributed by atoms with Crippen LogP contribution < -0.4 is 0 Å². The topological polar surface area (TPSA) is 74.7 Å². The molecule has 1 rings (SSSR count). The van der Waals surface area contributed by atoms with Crippen LogP contribution in [0.4, 0.5) is 0 Å². The molecule has 148 valence electrons. The lowest BCUT2D eigenvalue weighted by atomic mass is 10.2. The molecule has 26 heavy (non-hydrogen) atoms. The average molecular weight is 402 g/mol. The number of hydrogen-bond acceptors (Lipinski definition) is 4. The maximum atomic E-state index is 13.1. The van der Waals surface area contributed by atoms with E-state index < -0.39 is 16.0 Å². The highest BCUT2D eigenvalue weighted by Gasteiger charge is 2.25. The van der Waals surface area contributed by atoms with Gasteiger partial charge in [0.1, 0.15) is 0 Å². The third kappa shape index (κ3) is 6.93. The lowest BCUT2D eigenvalue weighted by Gasteiger charge is -2.22. The van der Waals surface area contributed by atoms with E-state index in [4.69, 9.17) is 0 Å². The Morgan fingerprint density at radius 1 is 1.00 bits per heavy atom. The number of sulfonamides is 1. The molecule has 0 aromatic heterocycles. The van der Waals surface area contributed by atoms with E-state index in [0.29, 0.717) is 13.1 Å². The average Bonchev–Trinajstić information content (AvgIpc) is 2.60. The molecule has 5 nitrogen and oxygen atoms in total. The monoisotopic (exact) mass is 401 g/mol. The Hall–Kier alpha value is -1.05. The summed E-state index contributed by atoms with van der Waals surface area (Å²) in [7, 11) is -3.71. The number of carboxylic acid groups (broad SMARTS) is 1. The van der Waals surface area contributed by atoms with Crippen LogP contribution in [0.25, 0.3) is 0 Å². The second-order valence-electron chi connectivity index (χ2n) is 6.51. The number of benzene rings is 1. The van der Waals surface area contributed by atoms with Gasteiger partial charge in [-0.25, -0.2) is 13.2 Å². The summed E-state index contributed by atoms with van der Waals surface area (Å²) in [6.45, 7) is 5.18. The summed E-state index contributed by atoms with van der Waals surface area (Å²) in [6, 6.07) is 4.09. The third-order valence-electron chi connectivity index (χ3n) is 4.36. The lowest BCUT2D eigenvalue weighted by Crippen LogP contribution is -2.33. The molecule has 0 fully saturated rings. The highest BCUT2D eigenvalue weighted by molar-refractivity contribution is 7.89. The van der Waals surface area contributed by atoms with Gasteiger partial charge in [0.2, 0.25) is 10.0 Å². The lowest BCUT2D eigenvalue weighted by molar-refractivity contribution is 0.0693. The smallest absolute Gasteiger partial charge is 0.336 e. The van der Waals surface area contributed by atoms with E-state index in [-0.39, 0.29) is 15.4 Å². The van der Waals surface area contributed by atoms with E-state index >= 15 is 0 Å². The number of carboxylic acids is 1. The van der Waals surface area contributed by atoms with E-state index in [1.807, 2.05) is 0 Å². The number of unbranched alkanes of at least 4 members (excludes halogenated alkanes) is 6. The van der Waals surface area contributed by atoms with E-state index in [9.17, 15) is 18.3 Å². The van der Waals surface area contributed by atoms with Crippen molar-refractivity contribution in [3.63, 3.8) is 0 Å². The quantitative estimate of drug-likeness (QED) is 0.367. The summed E-state index contributed by atoms with van der Waals surface area (Å²) in [4.78, 5) is 11.6. The Kier molecular flexibility index (Phi) is 10.3. The number of rotatable bonds is 13. The van der Waals surface area contributed by atoms with Crippen LogP contribution >= 0.6 is 12.6 Å². The molecule has 0 unspecified atom stereocenters. The van der Waals surface area contributed by atoms with Gasteiger partial charge >= 0.3 is 5.97 Å². The molecule has 0 radical (unpaired) electrons. The predicted molar refractivity (Wildman–Crippen MR) is 108 cm³/mol. The van der Waals surface area contributed by atoms with Crippen LogP contribution in [0.5, 0.6) is 0 Å². The summed E-state index contributed by atoms with van der Waals surface area (Å²) in [5.74, 6) is -1.18. The van der Waals surface area contributed by atoms with E-state index in [1.54, 1.807) is 0 Å². The van der Waals surface area contributed by atoms with Gasteiger partial charge in [0.15, 0.2) is 0 Å². The van der Waals surface area contributed by atoms with Gasteiger partial charge in [-0.05, 0) is 31.0 Å². The molecule has 0 bridgehead atoms. The molecule has 0 saturated heterocycles. The van der Waals surface area contributed by atoms with Crippen molar-refractivity contribution in [2.75, 3.05) is 13.1 Å². The highest BCUT2D eigenvalue weighted by Crippen LogP contribution is 2.23. The Balaban J connectivity index is 3.00. The van der Waals surface area contributed by atoms with Crippen molar-refractivity contribution in [1.29, 1.82) is 0 Å². The molecule has 0 aliphatic carbocycles. The molecule has 0 atom stereocenters. The van der Waals surface area contributed by atoms with Crippen molar-refractivity contribution in [3.05, 3.63) is 23.8 Å². The van der Waals surface area contributed by atoms with Crippen molar-refractivity contribution in [1.82, 2.24) is 4.31 Å². The normalized spacial score (nSPS) is 11.8. The van der Waals surface area contributed by atoms with Crippen LogP contribution in [0.3, 0.4) is 0 Å². The number of carbonyl (C=O) groups is 1. The minimum atomic E-state index is -3.71. The molecule has 7 heteroatoms. The summed E-state index contributed by atoms with van der Waals surface area (Å²) in [5.41, 5.74) is -0.0914. The van der Waals surface area contributed by atoms with Crippen LogP contribution in [0, 0.1) is 0 Å². The zero-order valence-corrected chi connectivity index (χ0v) is 17.5. The van der Waals surface area contributed by atoms with Gasteiger partial charge < -0.3 is 5.11 Å². The van der Waals surface area contributed by atoms with Gasteiger partial charge in [0, 0.05) is 18.0 Å². The Morgan fingerprint density at radius 2 is 1.54 bits per heavy atom. The second-order valence-corrected chi connectivity index (χ2v) is 8.93. The highest BCUT2D eigenvalue weighted by atomic mass is 32.2. The third-order valence-corrected chi connectivity index (χ3v) is 6.64. The SMILES string of the molecule is CCCCCCN(CCCCCC)S(=O)(=O)c1ccc(S)c(C(=O)O)c1. The maximum Gasteiger partial charge on any atom is 0.336 e. The predicted octanol–water partition coefficient (Wildman–Crippen LogP) is 4.82. The van der Waals surface area contributed by atoms with Gasteiger partial charge in [-0.3, -0.25) is 0 Å². The van der Waals surface area contributed by atoms with Crippen molar-refractivity contribution in [2.45, 2.75) is 75.0 Å². The summed E-state index contributed by atoms with van der Waals surface area (Å²) < 4.78 is 27.6. The Morgan fingerprint density at radius 3 is 2.00 bits per heavy atom. The van der Waals surface area contributed by atoms with Gasteiger partial charge in [-0.2, -0.15) is 4.31 Å². The molecular weight excluding hydrogens is 370 g/mol.